The van der Waals surface area contributed by atoms with Gasteiger partial charge in [-0.2, -0.15) is 0 Å². The Morgan fingerprint density at radius 1 is 1.34 bits per heavy atom. The summed E-state index contributed by atoms with van der Waals surface area (Å²) in [5, 5.41) is 2.07. The maximum atomic E-state index is 13.2. The summed E-state index contributed by atoms with van der Waals surface area (Å²) in [4.78, 5) is 21.4. The zero-order valence-corrected chi connectivity index (χ0v) is 20.0. The molecule has 1 aromatic rings. The number of anilines is 1. The van der Waals surface area contributed by atoms with Crippen LogP contribution in [-0.2, 0) is 9.47 Å². The highest BCUT2D eigenvalue weighted by Crippen LogP contribution is 2.82. The number of rotatable bonds is 7. The standard InChI is InChI=1S/C14H22O.C9H9FN2O3.CH3Cl/c1-3-5-10(4-2)9-15-13-6-11-7-14(11)8-12(13)14;1-15-8(13)5-2-3-7(6(10)4-5)12-9(11)14;1-2/h4,11-13H,3,5-9H2,1-2H3;2-4H,1H3,(H3,11,12,14);1H3/b10-4-;;. The number of alkyl halides is 1. The lowest BCUT2D eigenvalue weighted by molar-refractivity contribution is 0.0507. The highest BCUT2D eigenvalue weighted by Gasteiger charge is 2.77. The molecule has 3 aliphatic carbocycles. The van der Waals surface area contributed by atoms with Crippen LogP contribution >= 0.6 is 11.6 Å². The van der Waals surface area contributed by atoms with Gasteiger partial charge in [-0.15, -0.1) is 11.6 Å². The van der Waals surface area contributed by atoms with Gasteiger partial charge in [0.25, 0.3) is 0 Å². The van der Waals surface area contributed by atoms with Crippen molar-refractivity contribution in [1.82, 2.24) is 0 Å². The number of amides is 2. The van der Waals surface area contributed by atoms with Crippen molar-refractivity contribution in [2.75, 3.05) is 25.4 Å². The van der Waals surface area contributed by atoms with E-state index < -0.39 is 17.8 Å². The van der Waals surface area contributed by atoms with E-state index in [0.29, 0.717) is 6.10 Å². The molecule has 0 bridgehead atoms. The Morgan fingerprint density at radius 2 is 2.06 bits per heavy atom. The SMILES string of the molecule is C/C=C(/CCC)COC1CC2CC23CC13.CCl.COC(=O)c1ccc(NC(N)=O)c(F)c1. The fraction of sp³-hybridized carbons (Fsp3) is 0.583. The van der Waals surface area contributed by atoms with E-state index >= 15 is 0 Å². The number of carbonyl (C=O) groups is 2. The van der Waals surface area contributed by atoms with Crippen LogP contribution in [0.1, 0.15) is 56.3 Å². The number of nitrogens with one attached hydrogen (secondary N) is 1. The Balaban J connectivity index is 0.000000211. The van der Waals surface area contributed by atoms with Crippen molar-refractivity contribution in [1.29, 1.82) is 0 Å². The Hall–Kier alpha value is -2.12. The molecule has 178 valence electrons. The molecule has 0 heterocycles. The minimum absolute atomic E-state index is 0.0602. The molecule has 4 atom stereocenters. The lowest BCUT2D eigenvalue weighted by Gasteiger charge is -2.16. The molecule has 3 fully saturated rings. The summed E-state index contributed by atoms with van der Waals surface area (Å²) in [5.41, 5.74) is 7.11. The predicted molar refractivity (Wildman–Crippen MR) is 124 cm³/mol. The second-order valence-electron chi connectivity index (χ2n) is 8.40. The third-order valence-corrected chi connectivity index (χ3v) is 6.53. The lowest BCUT2D eigenvalue weighted by Crippen LogP contribution is -2.20. The second-order valence-corrected chi connectivity index (χ2v) is 8.40. The molecule has 2 amide bonds. The fourth-order valence-corrected chi connectivity index (χ4v) is 4.73. The van der Waals surface area contributed by atoms with Gasteiger partial charge in [0.2, 0.25) is 0 Å². The topological polar surface area (TPSA) is 90.7 Å². The number of allylic oxidation sites excluding steroid dienone is 1. The van der Waals surface area contributed by atoms with Crippen LogP contribution in [0.4, 0.5) is 14.9 Å². The molecule has 3 N–H and O–H groups in total. The van der Waals surface area contributed by atoms with E-state index in [9.17, 15) is 14.0 Å². The maximum Gasteiger partial charge on any atom is 0.337 e. The first kappa shape index (κ1) is 26.1. The molecule has 4 rings (SSSR count). The lowest BCUT2D eigenvalue weighted by atomic mass is 10.1. The Kier molecular flexibility index (Phi) is 9.52. The second kappa shape index (κ2) is 11.7. The fourth-order valence-electron chi connectivity index (χ4n) is 4.73. The zero-order chi connectivity index (χ0) is 23.9. The molecule has 0 aromatic heterocycles. The van der Waals surface area contributed by atoms with Gasteiger partial charge in [-0.25, -0.2) is 14.0 Å². The number of carbonyl (C=O) groups excluding carboxylic acids is 2. The number of primary amides is 1. The van der Waals surface area contributed by atoms with Crippen LogP contribution < -0.4 is 11.1 Å². The van der Waals surface area contributed by atoms with Crippen LogP contribution in [0.3, 0.4) is 0 Å². The predicted octanol–water partition coefficient (Wildman–Crippen LogP) is 5.51. The number of benzene rings is 1. The quantitative estimate of drug-likeness (QED) is 0.314. The van der Waals surface area contributed by atoms with Crippen LogP contribution in [-0.4, -0.2) is 38.2 Å². The van der Waals surface area contributed by atoms with Gasteiger partial charge < -0.3 is 20.5 Å². The van der Waals surface area contributed by atoms with Crippen molar-refractivity contribution in [2.45, 2.75) is 52.1 Å². The normalized spacial score (nSPS) is 26.3. The number of esters is 1. The molecule has 0 aliphatic heterocycles. The summed E-state index contributed by atoms with van der Waals surface area (Å²) >= 11 is 4.64. The molecule has 1 aromatic carbocycles. The molecular weight excluding hydrogens is 435 g/mol. The van der Waals surface area contributed by atoms with E-state index in [1.807, 2.05) is 0 Å². The summed E-state index contributed by atoms with van der Waals surface area (Å²) in [5.74, 6) is 0.617. The smallest absolute Gasteiger partial charge is 0.337 e. The minimum Gasteiger partial charge on any atom is -0.465 e. The van der Waals surface area contributed by atoms with Crippen LogP contribution in [0, 0.1) is 23.1 Å². The Bertz CT molecular complexity index is 847. The van der Waals surface area contributed by atoms with Gasteiger partial charge in [0.1, 0.15) is 5.82 Å². The molecule has 6 nitrogen and oxygen atoms in total. The largest absolute Gasteiger partial charge is 0.465 e. The summed E-state index contributed by atoms with van der Waals surface area (Å²) in [6, 6.07) is 2.63. The average molecular weight is 469 g/mol. The molecule has 4 unspecified atom stereocenters. The van der Waals surface area contributed by atoms with Crippen LogP contribution in [0.2, 0.25) is 0 Å². The van der Waals surface area contributed by atoms with Crippen molar-refractivity contribution < 1.29 is 23.5 Å². The third-order valence-electron chi connectivity index (χ3n) is 6.53. The van der Waals surface area contributed by atoms with Crippen molar-refractivity contribution >= 4 is 29.3 Å². The van der Waals surface area contributed by atoms with Crippen molar-refractivity contribution in [3.63, 3.8) is 0 Å². The van der Waals surface area contributed by atoms with Crippen LogP contribution in [0.25, 0.3) is 0 Å². The van der Waals surface area contributed by atoms with E-state index in [1.54, 1.807) is 0 Å². The van der Waals surface area contributed by atoms with E-state index in [2.05, 4.69) is 41.6 Å². The van der Waals surface area contributed by atoms with Crippen molar-refractivity contribution in [3.8, 4) is 0 Å². The number of ether oxygens (including phenoxy) is 2. The Morgan fingerprint density at radius 3 is 2.53 bits per heavy atom. The highest BCUT2D eigenvalue weighted by molar-refractivity contribution is 6.15. The molecule has 3 aliphatic rings. The minimum atomic E-state index is -0.875. The van der Waals surface area contributed by atoms with Gasteiger partial charge in [0.05, 0.1) is 31.1 Å². The van der Waals surface area contributed by atoms with E-state index in [1.165, 1.54) is 63.3 Å². The van der Waals surface area contributed by atoms with Crippen LogP contribution in [0.15, 0.2) is 29.8 Å². The average Bonchev–Trinajstić information content (AvgIpc) is 3.68. The molecule has 0 radical (unpaired) electrons. The molecule has 3 saturated carbocycles. The van der Waals surface area contributed by atoms with Gasteiger partial charge in [-0.3, -0.25) is 0 Å². The zero-order valence-electron chi connectivity index (χ0n) is 19.3. The summed E-state index contributed by atoms with van der Waals surface area (Å²) in [6.45, 7) is 5.28. The number of hydrogen-bond donors (Lipinski definition) is 2. The van der Waals surface area contributed by atoms with Crippen molar-refractivity contribution in [3.05, 3.63) is 41.2 Å². The van der Waals surface area contributed by atoms with E-state index in [4.69, 9.17) is 10.5 Å². The van der Waals surface area contributed by atoms with Gasteiger partial charge in [0, 0.05) is 6.38 Å². The monoisotopic (exact) mass is 468 g/mol. The number of hydrogen-bond acceptors (Lipinski definition) is 4. The van der Waals surface area contributed by atoms with Gasteiger partial charge in [0.15, 0.2) is 0 Å². The molecule has 1 spiro atoms. The summed E-state index contributed by atoms with van der Waals surface area (Å²) in [7, 11) is 1.19. The number of halogens is 2. The number of urea groups is 1. The van der Waals surface area contributed by atoms with E-state index in [-0.39, 0.29) is 11.3 Å². The van der Waals surface area contributed by atoms with Crippen molar-refractivity contribution in [2.24, 2.45) is 23.0 Å². The molecule has 8 heteroatoms. The maximum absolute atomic E-state index is 13.2. The highest BCUT2D eigenvalue weighted by atomic mass is 35.5. The first-order valence-electron chi connectivity index (χ1n) is 10.9. The summed E-state index contributed by atoms with van der Waals surface area (Å²) < 4.78 is 23.7. The van der Waals surface area contributed by atoms with Crippen LogP contribution in [0.5, 0.6) is 0 Å². The Labute approximate surface area is 194 Å². The van der Waals surface area contributed by atoms with E-state index in [0.717, 1.165) is 29.9 Å². The number of methoxy groups -OCH3 is 1. The van der Waals surface area contributed by atoms with Gasteiger partial charge >= 0.3 is 12.0 Å². The van der Waals surface area contributed by atoms with Gasteiger partial charge in [-0.05, 0) is 73.6 Å². The molecule has 0 saturated heterocycles. The molecular formula is C24H34ClFN2O4. The summed E-state index contributed by atoms with van der Waals surface area (Å²) in [6.07, 6.45) is 11.2. The third kappa shape index (κ3) is 6.23. The van der Waals surface area contributed by atoms with Gasteiger partial charge in [-0.1, -0.05) is 19.4 Å². The molecule has 32 heavy (non-hydrogen) atoms. The first-order valence-corrected chi connectivity index (χ1v) is 11.7. The first-order chi connectivity index (χ1) is 15.3. The number of nitrogens with two attached hydrogens (primary N) is 1.